The Morgan fingerprint density at radius 2 is 1.68 bits per heavy atom. The van der Waals surface area contributed by atoms with Gasteiger partial charge in [0.05, 0.1) is 16.3 Å². The summed E-state index contributed by atoms with van der Waals surface area (Å²) in [5, 5.41) is 10.4. The Kier molecular flexibility index (Phi) is 11.4. The third-order valence-electron chi connectivity index (χ3n) is 5.69. The number of carbonyl (C=O) groups is 2. The number of anilines is 2. The smallest absolute Gasteiger partial charge is 0.475 e. The number of benzene rings is 2. The van der Waals surface area contributed by atoms with Crippen molar-refractivity contribution in [2.24, 2.45) is 0 Å². The van der Waals surface area contributed by atoms with E-state index in [-0.39, 0.29) is 10.8 Å². The zero-order valence-electron chi connectivity index (χ0n) is 21.3. The quantitative estimate of drug-likeness (QED) is 0.429. The van der Waals surface area contributed by atoms with E-state index in [0.717, 1.165) is 44.7 Å². The fraction of sp³-hybridized carbons (Fsp3) is 0.440. The molecule has 13 heteroatoms. The van der Waals surface area contributed by atoms with Crippen molar-refractivity contribution < 1.29 is 36.3 Å². The number of nitrogens with zero attached hydrogens (tertiary/aromatic N) is 2. The molecule has 2 aromatic carbocycles. The van der Waals surface area contributed by atoms with Gasteiger partial charge in [-0.2, -0.15) is 13.2 Å². The summed E-state index contributed by atoms with van der Waals surface area (Å²) < 4.78 is 60.5. The second-order valence-electron chi connectivity index (χ2n) is 8.43. The lowest BCUT2D eigenvalue weighted by Gasteiger charge is -2.31. The van der Waals surface area contributed by atoms with E-state index in [0.29, 0.717) is 24.3 Å². The second kappa shape index (κ2) is 14.0. The Morgan fingerprint density at radius 1 is 1.08 bits per heavy atom. The monoisotopic (exact) mass is 558 g/mol. The molecule has 9 nitrogen and oxygen atoms in total. The van der Waals surface area contributed by atoms with Crippen LogP contribution in [0, 0.1) is 0 Å². The molecule has 0 bridgehead atoms. The van der Waals surface area contributed by atoms with Crippen molar-refractivity contribution in [2.45, 2.75) is 37.8 Å². The van der Waals surface area contributed by atoms with Crippen molar-refractivity contribution in [1.29, 1.82) is 0 Å². The minimum atomic E-state index is -5.08. The van der Waals surface area contributed by atoms with Crippen LogP contribution in [0.2, 0.25) is 0 Å². The van der Waals surface area contributed by atoms with Gasteiger partial charge < -0.3 is 20.2 Å². The lowest BCUT2D eigenvalue weighted by Crippen LogP contribution is -2.43. The van der Waals surface area contributed by atoms with Crippen molar-refractivity contribution in [1.82, 2.24) is 10.2 Å². The number of sulfonamides is 1. The fourth-order valence-electron chi connectivity index (χ4n) is 3.67. The summed E-state index contributed by atoms with van der Waals surface area (Å²) in [5.74, 6) is -2.84. The van der Waals surface area contributed by atoms with E-state index in [1.54, 1.807) is 47.4 Å². The van der Waals surface area contributed by atoms with E-state index in [1.165, 1.54) is 0 Å². The van der Waals surface area contributed by atoms with Crippen LogP contribution >= 0.6 is 0 Å². The highest BCUT2D eigenvalue weighted by atomic mass is 32.2. The van der Waals surface area contributed by atoms with Crippen LogP contribution in [0.15, 0.2) is 53.4 Å². The van der Waals surface area contributed by atoms with Crippen molar-refractivity contribution in [3.8, 4) is 0 Å². The highest BCUT2D eigenvalue weighted by Crippen LogP contribution is 2.30. The maximum Gasteiger partial charge on any atom is 0.490 e. The molecule has 1 fully saturated rings. The largest absolute Gasteiger partial charge is 0.490 e. The molecular formula is C25H33F3N4O5S. The summed E-state index contributed by atoms with van der Waals surface area (Å²) in [6.07, 6.45) is -3.14. The number of unbranched alkanes of at least 4 members (excludes halogenated alkanes) is 1. The van der Waals surface area contributed by atoms with Gasteiger partial charge in [0.25, 0.3) is 15.9 Å². The summed E-state index contributed by atoms with van der Waals surface area (Å²) in [6.45, 7) is 8.55. The Hall–Kier alpha value is -3.32. The third kappa shape index (κ3) is 8.91. The Bertz CT molecular complexity index is 1170. The van der Waals surface area contributed by atoms with Gasteiger partial charge >= 0.3 is 12.1 Å². The first kappa shape index (κ1) is 30.9. The molecule has 1 amide bonds. The van der Waals surface area contributed by atoms with Gasteiger partial charge in [0.2, 0.25) is 0 Å². The number of alkyl halides is 3. The average Bonchev–Trinajstić information content (AvgIpc) is 2.89. The van der Waals surface area contributed by atoms with Gasteiger partial charge in [-0.15, -0.1) is 0 Å². The molecule has 0 atom stereocenters. The van der Waals surface area contributed by atoms with Gasteiger partial charge in [-0.1, -0.05) is 31.5 Å². The summed E-state index contributed by atoms with van der Waals surface area (Å²) in [5.41, 5.74) is 1.71. The molecule has 38 heavy (non-hydrogen) atoms. The van der Waals surface area contributed by atoms with Crippen LogP contribution in [0.3, 0.4) is 0 Å². The van der Waals surface area contributed by atoms with Gasteiger partial charge in [-0.3, -0.25) is 9.52 Å². The molecule has 1 saturated heterocycles. The Labute approximate surface area is 220 Å². The molecule has 3 N–H and O–H groups in total. The summed E-state index contributed by atoms with van der Waals surface area (Å²) in [7, 11) is -3.77. The molecule has 0 aromatic heterocycles. The van der Waals surface area contributed by atoms with Crippen LogP contribution in [0.25, 0.3) is 0 Å². The van der Waals surface area contributed by atoms with Gasteiger partial charge in [-0.05, 0) is 43.7 Å². The molecule has 0 radical (unpaired) electrons. The Morgan fingerprint density at radius 3 is 2.21 bits per heavy atom. The molecule has 210 valence electrons. The molecule has 3 rings (SSSR count). The Balaban J connectivity index is 0.000000638. The zero-order valence-corrected chi connectivity index (χ0v) is 22.1. The summed E-state index contributed by atoms with van der Waals surface area (Å²) in [6, 6.07) is 13.6. The molecule has 1 aliphatic rings. The highest BCUT2D eigenvalue weighted by molar-refractivity contribution is 7.92. The number of nitrogens with one attached hydrogen (secondary N) is 2. The SMILES string of the molecule is CCCCN(CC)C(=O)c1ccc(N2CCNCC2)c(NS(=O)(=O)c2ccccc2)c1.O=C(O)C(F)(F)F. The number of hydrogen-bond donors (Lipinski definition) is 3. The number of amides is 1. The molecule has 1 aliphatic heterocycles. The maximum absolute atomic E-state index is 13.1. The summed E-state index contributed by atoms with van der Waals surface area (Å²) in [4.78, 5) is 26.1. The van der Waals surface area contributed by atoms with E-state index in [2.05, 4.69) is 21.9 Å². The minimum absolute atomic E-state index is 0.0806. The van der Waals surface area contributed by atoms with Crippen LogP contribution in [0.1, 0.15) is 37.0 Å². The number of hydrogen-bond acceptors (Lipinski definition) is 6. The van der Waals surface area contributed by atoms with Crippen LogP contribution in [0.4, 0.5) is 24.5 Å². The molecule has 0 aliphatic carbocycles. The van der Waals surface area contributed by atoms with Crippen molar-refractivity contribution in [2.75, 3.05) is 48.9 Å². The highest BCUT2D eigenvalue weighted by Gasteiger charge is 2.38. The van der Waals surface area contributed by atoms with Gasteiger partial charge in [0, 0.05) is 44.8 Å². The van der Waals surface area contributed by atoms with Gasteiger partial charge in [0.1, 0.15) is 0 Å². The van der Waals surface area contributed by atoms with E-state index >= 15 is 0 Å². The predicted octanol–water partition coefficient (Wildman–Crippen LogP) is 3.79. The minimum Gasteiger partial charge on any atom is -0.475 e. The molecule has 1 heterocycles. The molecular weight excluding hydrogens is 525 g/mol. The standard InChI is InChI=1S/C23H32N4O3S.C2HF3O2/c1-3-5-15-26(4-2)23(28)19-11-12-22(27-16-13-24-14-17-27)21(18-19)25-31(29,30)20-9-7-6-8-10-20;3-2(4,5)1(6)7/h6-12,18,24-25H,3-5,13-17H2,1-2H3;(H,6,7). The van der Waals surface area contributed by atoms with Crippen LogP contribution in [-0.4, -0.2) is 75.7 Å². The zero-order chi connectivity index (χ0) is 28.3. The van der Waals surface area contributed by atoms with E-state index in [4.69, 9.17) is 9.90 Å². The van der Waals surface area contributed by atoms with Crippen LogP contribution in [0.5, 0.6) is 0 Å². The van der Waals surface area contributed by atoms with Crippen molar-refractivity contribution >= 4 is 33.3 Å². The molecule has 0 unspecified atom stereocenters. The van der Waals surface area contributed by atoms with E-state index < -0.39 is 22.2 Å². The maximum atomic E-state index is 13.1. The predicted molar refractivity (Wildman–Crippen MR) is 139 cm³/mol. The fourth-order valence-corrected chi connectivity index (χ4v) is 4.76. The number of aliphatic carboxylic acids is 1. The number of halogens is 3. The number of piperazine rings is 1. The first-order valence-electron chi connectivity index (χ1n) is 12.2. The summed E-state index contributed by atoms with van der Waals surface area (Å²) >= 11 is 0. The lowest BCUT2D eigenvalue weighted by atomic mass is 10.1. The normalized spacial score (nSPS) is 13.8. The average molecular weight is 559 g/mol. The van der Waals surface area contributed by atoms with Crippen LogP contribution < -0.4 is 14.9 Å². The number of rotatable bonds is 9. The van der Waals surface area contributed by atoms with Gasteiger partial charge in [0.15, 0.2) is 0 Å². The van der Waals surface area contributed by atoms with E-state index in [9.17, 15) is 26.4 Å². The van der Waals surface area contributed by atoms with Crippen molar-refractivity contribution in [3.63, 3.8) is 0 Å². The van der Waals surface area contributed by atoms with Gasteiger partial charge in [-0.25, -0.2) is 13.2 Å². The van der Waals surface area contributed by atoms with E-state index in [1.807, 2.05) is 13.0 Å². The number of carboxylic acid groups (broad SMARTS) is 1. The third-order valence-corrected chi connectivity index (χ3v) is 7.07. The molecule has 0 saturated carbocycles. The first-order valence-corrected chi connectivity index (χ1v) is 13.7. The number of carbonyl (C=O) groups excluding carboxylic acids is 1. The molecule has 2 aromatic rings. The second-order valence-corrected chi connectivity index (χ2v) is 10.1. The molecule has 0 spiro atoms. The number of carboxylic acids is 1. The lowest BCUT2D eigenvalue weighted by molar-refractivity contribution is -0.192. The topological polar surface area (TPSA) is 119 Å². The van der Waals surface area contributed by atoms with Crippen molar-refractivity contribution in [3.05, 3.63) is 54.1 Å². The first-order chi connectivity index (χ1) is 17.9. The van der Waals surface area contributed by atoms with Crippen LogP contribution in [-0.2, 0) is 14.8 Å².